The standard InChI is InChI=1S/C26H28FN/c1-3-5-8-19(4-2)18-28-25-10-7-6-9-23(25)24-17-21(13-16-26(24)28)20-11-14-22(27)15-12-20/h6-7,9-17,19H,3-5,8,18H2,1-2H3. The van der Waals surface area contributed by atoms with Gasteiger partial charge in [-0.2, -0.15) is 0 Å². The highest BCUT2D eigenvalue weighted by molar-refractivity contribution is 6.09. The van der Waals surface area contributed by atoms with Gasteiger partial charge in [0.1, 0.15) is 5.82 Å². The minimum Gasteiger partial charge on any atom is -0.340 e. The molecule has 4 rings (SSSR count). The zero-order valence-corrected chi connectivity index (χ0v) is 16.8. The number of nitrogens with zero attached hydrogens (tertiary/aromatic N) is 1. The molecule has 1 atom stereocenters. The summed E-state index contributed by atoms with van der Waals surface area (Å²) in [5.41, 5.74) is 4.79. The van der Waals surface area contributed by atoms with Crippen LogP contribution in [0.5, 0.6) is 0 Å². The number of benzene rings is 3. The highest BCUT2D eigenvalue weighted by atomic mass is 19.1. The molecule has 0 aliphatic carbocycles. The molecule has 0 aliphatic heterocycles. The van der Waals surface area contributed by atoms with Gasteiger partial charge in [-0.1, -0.05) is 69.5 Å². The molecule has 28 heavy (non-hydrogen) atoms. The van der Waals surface area contributed by atoms with Gasteiger partial charge in [-0.05, 0) is 53.8 Å². The first-order chi connectivity index (χ1) is 13.7. The lowest BCUT2D eigenvalue weighted by Gasteiger charge is -2.17. The van der Waals surface area contributed by atoms with Gasteiger partial charge >= 0.3 is 0 Å². The summed E-state index contributed by atoms with van der Waals surface area (Å²) in [5.74, 6) is 0.509. The van der Waals surface area contributed by atoms with Gasteiger partial charge in [0.2, 0.25) is 0 Å². The molecule has 1 heterocycles. The van der Waals surface area contributed by atoms with E-state index in [0.29, 0.717) is 5.92 Å². The lowest BCUT2D eigenvalue weighted by molar-refractivity contribution is 0.401. The molecule has 3 aromatic carbocycles. The number of hydrogen-bond acceptors (Lipinski definition) is 0. The van der Waals surface area contributed by atoms with Crippen molar-refractivity contribution in [1.29, 1.82) is 0 Å². The summed E-state index contributed by atoms with van der Waals surface area (Å²) < 4.78 is 15.8. The van der Waals surface area contributed by atoms with Crippen molar-refractivity contribution in [2.75, 3.05) is 0 Å². The molecule has 1 unspecified atom stereocenters. The average Bonchev–Trinajstić information content (AvgIpc) is 3.04. The van der Waals surface area contributed by atoms with Crippen LogP contribution in [0.1, 0.15) is 39.5 Å². The van der Waals surface area contributed by atoms with Crippen molar-refractivity contribution in [3.05, 3.63) is 72.5 Å². The molecule has 0 radical (unpaired) electrons. The summed E-state index contributed by atoms with van der Waals surface area (Å²) in [6.45, 7) is 5.64. The second-order valence-electron chi connectivity index (χ2n) is 7.78. The van der Waals surface area contributed by atoms with Crippen molar-refractivity contribution in [3.63, 3.8) is 0 Å². The van der Waals surface area contributed by atoms with E-state index < -0.39 is 0 Å². The zero-order chi connectivity index (χ0) is 19.5. The quantitative estimate of drug-likeness (QED) is 0.311. The van der Waals surface area contributed by atoms with E-state index in [-0.39, 0.29) is 5.82 Å². The average molecular weight is 374 g/mol. The fourth-order valence-corrected chi connectivity index (χ4v) is 4.25. The van der Waals surface area contributed by atoms with E-state index in [9.17, 15) is 4.39 Å². The van der Waals surface area contributed by atoms with Crippen LogP contribution in [0.2, 0.25) is 0 Å². The molecule has 2 heteroatoms. The molecule has 0 saturated carbocycles. The van der Waals surface area contributed by atoms with E-state index in [4.69, 9.17) is 0 Å². The third-order valence-corrected chi connectivity index (χ3v) is 5.93. The molecule has 0 aliphatic rings. The van der Waals surface area contributed by atoms with Gasteiger partial charge in [-0.25, -0.2) is 4.39 Å². The molecule has 1 nitrogen and oxygen atoms in total. The summed E-state index contributed by atoms with van der Waals surface area (Å²) in [6, 6.07) is 22.1. The Morgan fingerprint density at radius 2 is 1.54 bits per heavy atom. The second kappa shape index (κ2) is 8.18. The fraction of sp³-hybridized carbons (Fsp3) is 0.308. The molecule has 0 N–H and O–H groups in total. The Morgan fingerprint density at radius 1 is 0.821 bits per heavy atom. The predicted octanol–water partition coefficient (Wildman–Crippen LogP) is 7.82. The summed E-state index contributed by atoms with van der Waals surface area (Å²) in [5, 5.41) is 2.58. The third-order valence-electron chi connectivity index (χ3n) is 5.93. The molecule has 4 aromatic rings. The maximum atomic E-state index is 13.3. The number of hydrogen-bond donors (Lipinski definition) is 0. The number of aromatic nitrogens is 1. The van der Waals surface area contributed by atoms with Crippen molar-refractivity contribution in [2.45, 2.75) is 46.1 Å². The van der Waals surface area contributed by atoms with E-state index in [0.717, 1.165) is 17.7 Å². The summed E-state index contributed by atoms with van der Waals surface area (Å²) in [6.07, 6.45) is 5.05. The number of unbranched alkanes of at least 4 members (excludes halogenated alkanes) is 1. The Labute approximate surface area is 166 Å². The van der Waals surface area contributed by atoms with Gasteiger partial charge in [0.15, 0.2) is 0 Å². The number of halogens is 1. The molecular weight excluding hydrogens is 345 g/mol. The molecule has 0 amide bonds. The normalized spacial score (nSPS) is 12.7. The van der Waals surface area contributed by atoms with Gasteiger partial charge in [0.05, 0.1) is 0 Å². The van der Waals surface area contributed by atoms with Gasteiger partial charge in [0, 0.05) is 28.4 Å². The van der Waals surface area contributed by atoms with Crippen LogP contribution in [0.15, 0.2) is 66.7 Å². The largest absolute Gasteiger partial charge is 0.340 e. The lowest BCUT2D eigenvalue weighted by atomic mass is 9.99. The number of rotatable bonds is 7. The third kappa shape index (κ3) is 3.56. The molecule has 1 aromatic heterocycles. The fourth-order valence-electron chi connectivity index (χ4n) is 4.25. The molecular formula is C26H28FN. The summed E-state index contributed by atoms with van der Waals surface area (Å²) in [4.78, 5) is 0. The van der Waals surface area contributed by atoms with Gasteiger partial charge in [-0.15, -0.1) is 0 Å². The summed E-state index contributed by atoms with van der Waals surface area (Å²) >= 11 is 0. The monoisotopic (exact) mass is 373 g/mol. The van der Waals surface area contributed by atoms with Crippen LogP contribution in [0.4, 0.5) is 4.39 Å². The minimum atomic E-state index is -0.195. The minimum absolute atomic E-state index is 0.195. The number of fused-ring (bicyclic) bond motifs is 3. The highest BCUT2D eigenvalue weighted by Gasteiger charge is 2.15. The molecule has 0 spiro atoms. The van der Waals surface area contributed by atoms with E-state index in [1.54, 1.807) is 0 Å². The van der Waals surface area contributed by atoms with E-state index >= 15 is 0 Å². The Balaban J connectivity index is 1.82. The van der Waals surface area contributed by atoms with Crippen LogP contribution in [0, 0.1) is 11.7 Å². The SMILES string of the molecule is CCCCC(CC)Cn1c2ccccc2c2cc(-c3ccc(F)cc3)ccc21. The van der Waals surface area contributed by atoms with E-state index in [2.05, 4.69) is 60.9 Å². The van der Waals surface area contributed by atoms with Crippen LogP contribution >= 0.6 is 0 Å². The first-order valence-electron chi connectivity index (χ1n) is 10.5. The Morgan fingerprint density at radius 3 is 2.29 bits per heavy atom. The van der Waals surface area contributed by atoms with Gasteiger partial charge in [0.25, 0.3) is 0 Å². The van der Waals surface area contributed by atoms with E-state index in [1.807, 2.05) is 12.1 Å². The topological polar surface area (TPSA) is 4.93 Å². The van der Waals surface area contributed by atoms with Crippen LogP contribution in [-0.2, 0) is 6.54 Å². The molecule has 0 bridgehead atoms. The van der Waals surface area contributed by atoms with Crippen molar-refractivity contribution >= 4 is 21.8 Å². The maximum absolute atomic E-state index is 13.3. The van der Waals surface area contributed by atoms with Crippen molar-refractivity contribution in [1.82, 2.24) is 4.57 Å². The van der Waals surface area contributed by atoms with Crippen molar-refractivity contribution < 1.29 is 4.39 Å². The highest BCUT2D eigenvalue weighted by Crippen LogP contribution is 2.34. The van der Waals surface area contributed by atoms with Crippen LogP contribution in [-0.4, -0.2) is 4.57 Å². The van der Waals surface area contributed by atoms with Gasteiger partial charge < -0.3 is 4.57 Å². The van der Waals surface area contributed by atoms with Gasteiger partial charge in [-0.3, -0.25) is 0 Å². The zero-order valence-electron chi connectivity index (χ0n) is 16.8. The Bertz CT molecular complexity index is 1070. The first kappa shape index (κ1) is 18.7. The molecule has 0 fully saturated rings. The molecule has 0 saturated heterocycles. The summed E-state index contributed by atoms with van der Waals surface area (Å²) in [7, 11) is 0. The van der Waals surface area contributed by atoms with Crippen molar-refractivity contribution in [2.24, 2.45) is 5.92 Å². The Kier molecular flexibility index (Phi) is 5.47. The van der Waals surface area contributed by atoms with Crippen LogP contribution in [0.3, 0.4) is 0 Å². The second-order valence-corrected chi connectivity index (χ2v) is 7.78. The molecule has 144 valence electrons. The maximum Gasteiger partial charge on any atom is 0.123 e. The van der Waals surface area contributed by atoms with Crippen LogP contribution < -0.4 is 0 Å². The lowest BCUT2D eigenvalue weighted by Crippen LogP contribution is -2.10. The van der Waals surface area contributed by atoms with Crippen LogP contribution in [0.25, 0.3) is 32.9 Å². The van der Waals surface area contributed by atoms with E-state index in [1.165, 1.54) is 59.6 Å². The number of para-hydroxylation sites is 1. The van der Waals surface area contributed by atoms with Crippen molar-refractivity contribution in [3.8, 4) is 11.1 Å². The predicted molar refractivity (Wildman–Crippen MR) is 118 cm³/mol. The Hall–Kier alpha value is -2.61. The smallest absolute Gasteiger partial charge is 0.123 e. The first-order valence-corrected chi connectivity index (χ1v) is 10.5.